The molecule has 1 aliphatic rings. The number of rotatable bonds is 4. The number of fused-ring (bicyclic) bond motifs is 2. The van der Waals surface area contributed by atoms with Gasteiger partial charge in [-0.3, -0.25) is 0 Å². The van der Waals surface area contributed by atoms with E-state index in [4.69, 9.17) is 15.2 Å². The van der Waals surface area contributed by atoms with Gasteiger partial charge in [0.15, 0.2) is 11.5 Å². The summed E-state index contributed by atoms with van der Waals surface area (Å²) in [6, 6.07) is 16.1. The van der Waals surface area contributed by atoms with Crippen molar-refractivity contribution in [3.05, 3.63) is 78.1 Å². The summed E-state index contributed by atoms with van der Waals surface area (Å²) in [7, 11) is 1.67. The Morgan fingerprint density at radius 3 is 2.79 bits per heavy atom. The highest BCUT2D eigenvalue weighted by Crippen LogP contribution is 2.37. The maximum atomic E-state index is 6.35. The monoisotopic (exact) mass is 385 g/mol. The van der Waals surface area contributed by atoms with Gasteiger partial charge < -0.3 is 19.8 Å². The van der Waals surface area contributed by atoms with E-state index >= 15 is 0 Å². The first-order chi connectivity index (χ1) is 14.2. The number of methoxy groups -OCH3 is 1. The molecule has 29 heavy (non-hydrogen) atoms. The number of anilines is 1. The number of nitrogens with zero attached hydrogens (tertiary/aromatic N) is 4. The minimum absolute atomic E-state index is 0.369. The molecule has 0 spiro atoms. The van der Waals surface area contributed by atoms with E-state index in [2.05, 4.69) is 27.1 Å². The van der Waals surface area contributed by atoms with E-state index in [1.54, 1.807) is 13.4 Å². The molecule has 1 aliphatic heterocycles. The molecule has 2 aromatic heterocycles. The highest BCUT2D eigenvalue weighted by atomic mass is 16.5. The van der Waals surface area contributed by atoms with Crippen LogP contribution in [0.15, 0.2) is 66.9 Å². The van der Waals surface area contributed by atoms with Gasteiger partial charge in [-0.1, -0.05) is 30.3 Å². The van der Waals surface area contributed by atoms with E-state index in [1.807, 2.05) is 41.0 Å². The van der Waals surface area contributed by atoms with E-state index in [-0.39, 0.29) is 0 Å². The number of benzene rings is 2. The Labute approximate surface area is 167 Å². The predicted molar refractivity (Wildman–Crippen MR) is 110 cm³/mol. The molecule has 5 rings (SSSR count). The quantitative estimate of drug-likeness (QED) is 0.579. The van der Waals surface area contributed by atoms with Gasteiger partial charge >= 0.3 is 0 Å². The van der Waals surface area contributed by atoms with Gasteiger partial charge in [0, 0.05) is 17.6 Å². The summed E-state index contributed by atoms with van der Waals surface area (Å²) in [6.07, 6.45) is 3.92. The highest BCUT2D eigenvalue weighted by Gasteiger charge is 2.23. The summed E-state index contributed by atoms with van der Waals surface area (Å²) in [6.45, 7) is 0.489. The molecule has 0 fully saturated rings. The first-order valence-corrected chi connectivity index (χ1v) is 9.26. The lowest BCUT2D eigenvalue weighted by molar-refractivity contribution is 0.379. The molecule has 2 N–H and O–H groups in total. The van der Waals surface area contributed by atoms with Gasteiger partial charge in [-0.2, -0.15) is 0 Å². The van der Waals surface area contributed by atoms with Crippen molar-refractivity contribution in [2.75, 3.05) is 12.8 Å². The minimum Gasteiger partial charge on any atom is -0.497 e. The molecule has 7 nitrogen and oxygen atoms in total. The standard InChI is InChI=1S/C22H19N5O2/c1-28-16-7-8-18-15(9-16)10-17(14-5-3-2-4-6-14)19(29-18)11-27-13-26-20-21(23)24-12-25-22(20)27/h2-9,12-13H,10-11H2,1H3,(H2,23,24,25). The van der Waals surface area contributed by atoms with Crippen LogP contribution in [0.4, 0.5) is 5.82 Å². The van der Waals surface area contributed by atoms with Crippen molar-refractivity contribution >= 4 is 22.6 Å². The van der Waals surface area contributed by atoms with Crippen LogP contribution in [0.2, 0.25) is 0 Å². The Bertz CT molecular complexity index is 1230. The van der Waals surface area contributed by atoms with Crippen LogP contribution >= 0.6 is 0 Å². The summed E-state index contributed by atoms with van der Waals surface area (Å²) in [5, 5.41) is 0. The molecule has 3 heterocycles. The number of nitrogen functional groups attached to an aromatic ring is 1. The molecule has 4 aromatic rings. The van der Waals surface area contributed by atoms with E-state index in [0.717, 1.165) is 40.4 Å². The molecular weight excluding hydrogens is 366 g/mol. The Balaban J connectivity index is 1.60. The van der Waals surface area contributed by atoms with Crippen LogP contribution in [-0.2, 0) is 13.0 Å². The summed E-state index contributed by atoms with van der Waals surface area (Å²) < 4.78 is 13.7. The third-order valence-corrected chi connectivity index (χ3v) is 5.07. The van der Waals surface area contributed by atoms with Crippen molar-refractivity contribution in [1.29, 1.82) is 0 Å². The van der Waals surface area contributed by atoms with Crippen LogP contribution in [-0.4, -0.2) is 26.6 Å². The number of hydrogen-bond acceptors (Lipinski definition) is 6. The average Bonchev–Trinajstić information content (AvgIpc) is 3.17. The lowest BCUT2D eigenvalue weighted by Crippen LogP contribution is -2.15. The Morgan fingerprint density at radius 1 is 1.10 bits per heavy atom. The van der Waals surface area contributed by atoms with Gasteiger partial charge in [-0.05, 0) is 23.8 Å². The fourth-order valence-corrected chi connectivity index (χ4v) is 3.60. The first kappa shape index (κ1) is 17.2. The normalized spacial score (nSPS) is 13.3. The van der Waals surface area contributed by atoms with E-state index in [0.29, 0.717) is 23.5 Å². The fourth-order valence-electron chi connectivity index (χ4n) is 3.60. The summed E-state index contributed by atoms with van der Waals surface area (Å²) in [5.41, 5.74) is 10.5. The lowest BCUT2D eigenvalue weighted by Gasteiger charge is -2.25. The van der Waals surface area contributed by atoms with Crippen LogP contribution in [0.5, 0.6) is 11.5 Å². The molecule has 0 radical (unpaired) electrons. The molecule has 0 atom stereocenters. The number of nitrogens with two attached hydrogens (primary N) is 1. The SMILES string of the molecule is COc1ccc2c(c1)CC(c1ccccc1)=C(Cn1cnc3c(N)ncnc31)O2. The number of imidazole rings is 1. The second-order valence-electron chi connectivity index (χ2n) is 6.82. The summed E-state index contributed by atoms with van der Waals surface area (Å²) in [4.78, 5) is 12.7. The van der Waals surface area contributed by atoms with Crippen LogP contribution in [0.3, 0.4) is 0 Å². The molecular formula is C22H19N5O2. The van der Waals surface area contributed by atoms with Crippen LogP contribution in [0, 0.1) is 0 Å². The minimum atomic E-state index is 0.369. The molecule has 144 valence electrons. The molecule has 7 heteroatoms. The third-order valence-electron chi connectivity index (χ3n) is 5.07. The molecule has 0 amide bonds. The average molecular weight is 385 g/mol. The van der Waals surface area contributed by atoms with Crippen molar-refractivity contribution in [2.45, 2.75) is 13.0 Å². The maximum absolute atomic E-state index is 6.35. The fraction of sp³-hybridized carbons (Fsp3) is 0.136. The molecule has 2 aromatic carbocycles. The maximum Gasteiger partial charge on any atom is 0.165 e. The van der Waals surface area contributed by atoms with Gasteiger partial charge in [0.05, 0.1) is 20.0 Å². The van der Waals surface area contributed by atoms with Gasteiger partial charge in [-0.15, -0.1) is 0 Å². The smallest absolute Gasteiger partial charge is 0.165 e. The molecule has 0 aliphatic carbocycles. The van der Waals surface area contributed by atoms with Gasteiger partial charge in [-0.25, -0.2) is 15.0 Å². The second-order valence-corrected chi connectivity index (χ2v) is 6.82. The van der Waals surface area contributed by atoms with E-state index in [1.165, 1.54) is 6.33 Å². The molecule has 0 bridgehead atoms. The summed E-state index contributed by atoms with van der Waals surface area (Å²) in [5.74, 6) is 2.87. The van der Waals surface area contributed by atoms with Crippen molar-refractivity contribution < 1.29 is 9.47 Å². The zero-order valence-electron chi connectivity index (χ0n) is 15.9. The molecule has 0 saturated carbocycles. The van der Waals surface area contributed by atoms with Crippen molar-refractivity contribution in [3.63, 3.8) is 0 Å². The lowest BCUT2D eigenvalue weighted by atomic mass is 9.94. The molecule has 0 saturated heterocycles. The largest absolute Gasteiger partial charge is 0.497 e. The predicted octanol–water partition coefficient (Wildman–Crippen LogP) is 3.46. The summed E-state index contributed by atoms with van der Waals surface area (Å²) >= 11 is 0. The number of allylic oxidation sites excluding steroid dienone is 2. The Hall–Kier alpha value is -3.87. The van der Waals surface area contributed by atoms with Crippen molar-refractivity contribution in [2.24, 2.45) is 0 Å². The second kappa shape index (κ2) is 6.94. The number of ether oxygens (including phenoxy) is 2. The van der Waals surface area contributed by atoms with E-state index < -0.39 is 0 Å². The van der Waals surface area contributed by atoms with Crippen LogP contribution in [0.1, 0.15) is 11.1 Å². The van der Waals surface area contributed by atoms with Gasteiger partial charge in [0.1, 0.15) is 29.1 Å². The number of aromatic nitrogens is 4. The number of hydrogen-bond donors (Lipinski definition) is 1. The van der Waals surface area contributed by atoms with Gasteiger partial charge in [0.2, 0.25) is 0 Å². The highest BCUT2D eigenvalue weighted by molar-refractivity contribution is 5.81. The van der Waals surface area contributed by atoms with Crippen molar-refractivity contribution in [1.82, 2.24) is 19.5 Å². The third kappa shape index (κ3) is 3.06. The van der Waals surface area contributed by atoms with E-state index in [9.17, 15) is 0 Å². The topological polar surface area (TPSA) is 88.1 Å². The van der Waals surface area contributed by atoms with Crippen LogP contribution < -0.4 is 15.2 Å². The Morgan fingerprint density at radius 2 is 1.97 bits per heavy atom. The molecule has 0 unspecified atom stereocenters. The first-order valence-electron chi connectivity index (χ1n) is 9.26. The zero-order valence-corrected chi connectivity index (χ0v) is 15.9. The Kier molecular flexibility index (Phi) is 4.13. The zero-order chi connectivity index (χ0) is 19.8. The van der Waals surface area contributed by atoms with Gasteiger partial charge in [0.25, 0.3) is 0 Å². The van der Waals surface area contributed by atoms with Crippen LogP contribution in [0.25, 0.3) is 16.7 Å². The van der Waals surface area contributed by atoms with Crippen molar-refractivity contribution in [3.8, 4) is 11.5 Å².